The largest absolute Gasteiger partial charge is 0.345 e. The summed E-state index contributed by atoms with van der Waals surface area (Å²) in [6, 6.07) is -0.417. The molecule has 19 heavy (non-hydrogen) atoms. The lowest BCUT2D eigenvalue weighted by atomic mass is 10.3. The lowest BCUT2D eigenvalue weighted by Crippen LogP contribution is -2.43. The average molecular weight is 283 g/mol. The fourth-order valence-corrected chi connectivity index (χ4v) is 2.94. The van der Waals surface area contributed by atoms with Crippen LogP contribution >= 0.6 is 11.5 Å². The number of aromatic nitrogens is 2. The third kappa shape index (κ3) is 3.42. The Balaban J connectivity index is 1.98. The number of hydrogen-bond donors (Lipinski definition) is 1. The van der Waals surface area contributed by atoms with Gasteiger partial charge in [0.05, 0.1) is 6.04 Å². The van der Waals surface area contributed by atoms with Gasteiger partial charge in [0.15, 0.2) is 0 Å². The lowest BCUT2D eigenvalue weighted by Gasteiger charge is -2.22. The molecule has 2 heterocycles. The first-order chi connectivity index (χ1) is 9.11. The van der Waals surface area contributed by atoms with E-state index in [2.05, 4.69) is 21.2 Å². The standard InChI is InChI=1S/C12H21N5OS/c1-3-10-14-12(19-15-10)17-6-4-5-16(7-8-17)11(18)9(2)13/h9H,3-8,13H2,1-2H3/t9-/m1/s1. The first-order valence-corrected chi connectivity index (χ1v) is 7.51. The average Bonchev–Trinajstić information content (AvgIpc) is 2.75. The fourth-order valence-electron chi connectivity index (χ4n) is 2.13. The Bertz CT molecular complexity index is 434. The van der Waals surface area contributed by atoms with Gasteiger partial charge in [-0.1, -0.05) is 6.92 Å². The third-order valence-corrected chi connectivity index (χ3v) is 4.06. The molecule has 0 spiro atoms. The molecule has 2 N–H and O–H groups in total. The highest BCUT2D eigenvalue weighted by molar-refractivity contribution is 7.09. The maximum absolute atomic E-state index is 11.9. The summed E-state index contributed by atoms with van der Waals surface area (Å²) in [6.45, 7) is 7.00. The molecule has 0 radical (unpaired) electrons. The normalized spacial score (nSPS) is 18.3. The summed E-state index contributed by atoms with van der Waals surface area (Å²) < 4.78 is 4.31. The summed E-state index contributed by atoms with van der Waals surface area (Å²) in [5, 5.41) is 0.965. The van der Waals surface area contributed by atoms with Gasteiger partial charge < -0.3 is 15.5 Å². The van der Waals surface area contributed by atoms with E-state index in [9.17, 15) is 4.79 Å². The molecular weight excluding hydrogens is 262 g/mol. The predicted molar refractivity (Wildman–Crippen MR) is 76.3 cm³/mol. The monoisotopic (exact) mass is 283 g/mol. The van der Waals surface area contributed by atoms with Crippen LogP contribution in [0.2, 0.25) is 0 Å². The molecule has 1 aliphatic heterocycles. The van der Waals surface area contributed by atoms with Gasteiger partial charge in [0.2, 0.25) is 11.0 Å². The maximum atomic E-state index is 11.9. The number of hydrogen-bond acceptors (Lipinski definition) is 6. The van der Waals surface area contributed by atoms with Crippen molar-refractivity contribution in [3.63, 3.8) is 0 Å². The number of amides is 1. The molecule has 2 rings (SSSR count). The molecule has 0 unspecified atom stereocenters. The minimum Gasteiger partial charge on any atom is -0.345 e. The van der Waals surface area contributed by atoms with Crippen LogP contribution in [0.15, 0.2) is 0 Å². The minimum atomic E-state index is -0.417. The highest BCUT2D eigenvalue weighted by Gasteiger charge is 2.22. The van der Waals surface area contributed by atoms with E-state index < -0.39 is 6.04 Å². The van der Waals surface area contributed by atoms with E-state index >= 15 is 0 Å². The molecule has 1 saturated heterocycles. The molecule has 1 aromatic rings. The molecule has 7 heteroatoms. The second-order valence-corrected chi connectivity index (χ2v) is 5.53. The summed E-state index contributed by atoms with van der Waals surface area (Å²) >= 11 is 1.44. The van der Waals surface area contributed by atoms with Gasteiger partial charge in [-0.3, -0.25) is 4.79 Å². The SMILES string of the molecule is CCc1nsc(N2CCCN(C(=O)[C@@H](C)N)CC2)n1. The van der Waals surface area contributed by atoms with Gasteiger partial charge in [-0.05, 0) is 13.3 Å². The molecular formula is C12H21N5OS. The highest BCUT2D eigenvalue weighted by atomic mass is 32.1. The molecule has 0 aromatic carbocycles. The zero-order valence-electron chi connectivity index (χ0n) is 11.5. The van der Waals surface area contributed by atoms with E-state index in [0.29, 0.717) is 6.54 Å². The van der Waals surface area contributed by atoms with E-state index in [1.165, 1.54) is 11.5 Å². The molecule has 1 aliphatic rings. The van der Waals surface area contributed by atoms with Crippen molar-refractivity contribution in [1.82, 2.24) is 14.3 Å². The number of aryl methyl sites for hydroxylation is 1. The Morgan fingerprint density at radius 1 is 1.42 bits per heavy atom. The number of nitrogens with zero attached hydrogens (tertiary/aromatic N) is 4. The van der Waals surface area contributed by atoms with Gasteiger partial charge in [0.1, 0.15) is 5.82 Å². The molecule has 0 aliphatic carbocycles. The van der Waals surface area contributed by atoms with Crippen LogP contribution in [0.3, 0.4) is 0 Å². The molecule has 1 atom stereocenters. The van der Waals surface area contributed by atoms with Crippen molar-refractivity contribution in [3.8, 4) is 0 Å². The van der Waals surface area contributed by atoms with Gasteiger partial charge in [-0.15, -0.1) is 0 Å². The number of anilines is 1. The zero-order valence-corrected chi connectivity index (χ0v) is 12.3. The van der Waals surface area contributed by atoms with Crippen molar-refractivity contribution < 1.29 is 4.79 Å². The van der Waals surface area contributed by atoms with Crippen LogP contribution in [0.4, 0.5) is 5.13 Å². The molecule has 1 amide bonds. The van der Waals surface area contributed by atoms with Crippen molar-refractivity contribution >= 4 is 22.6 Å². The van der Waals surface area contributed by atoms with Crippen LogP contribution in [-0.4, -0.2) is 52.4 Å². The molecule has 1 fully saturated rings. The van der Waals surface area contributed by atoms with E-state index in [1.54, 1.807) is 6.92 Å². The molecule has 1 aromatic heterocycles. The van der Waals surface area contributed by atoms with E-state index in [-0.39, 0.29) is 5.91 Å². The smallest absolute Gasteiger partial charge is 0.239 e. The van der Waals surface area contributed by atoms with Crippen LogP contribution < -0.4 is 10.6 Å². The van der Waals surface area contributed by atoms with E-state index in [4.69, 9.17) is 5.73 Å². The van der Waals surface area contributed by atoms with Gasteiger partial charge in [0, 0.05) is 44.1 Å². The van der Waals surface area contributed by atoms with Crippen molar-refractivity contribution in [2.75, 3.05) is 31.1 Å². The fraction of sp³-hybridized carbons (Fsp3) is 0.750. The van der Waals surface area contributed by atoms with Crippen molar-refractivity contribution in [2.45, 2.75) is 32.7 Å². The first-order valence-electron chi connectivity index (χ1n) is 6.73. The number of nitrogens with two attached hydrogens (primary N) is 1. The van der Waals surface area contributed by atoms with E-state index in [0.717, 1.165) is 43.4 Å². The van der Waals surface area contributed by atoms with Crippen molar-refractivity contribution in [1.29, 1.82) is 0 Å². The number of rotatable bonds is 3. The number of carbonyl (C=O) groups is 1. The van der Waals surface area contributed by atoms with Crippen LogP contribution in [0, 0.1) is 0 Å². The maximum Gasteiger partial charge on any atom is 0.239 e. The van der Waals surface area contributed by atoms with Gasteiger partial charge >= 0.3 is 0 Å². The van der Waals surface area contributed by atoms with Crippen molar-refractivity contribution in [2.24, 2.45) is 5.73 Å². The van der Waals surface area contributed by atoms with Gasteiger partial charge in [-0.2, -0.15) is 4.37 Å². The van der Waals surface area contributed by atoms with Crippen LogP contribution in [0.1, 0.15) is 26.1 Å². The number of carbonyl (C=O) groups excluding carboxylic acids is 1. The molecule has 0 saturated carbocycles. The van der Waals surface area contributed by atoms with Crippen molar-refractivity contribution in [3.05, 3.63) is 5.82 Å². The summed E-state index contributed by atoms with van der Waals surface area (Å²) in [6.07, 6.45) is 1.80. The lowest BCUT2D eigenvalue weighted by molar-refractivity contribution is -0.131. The highest BCUT2D eigenvalue weighted by Crippen LogP contribution is 2.19. The third-order valence-electron chi connectivity index (χ3n) is 3.24. The first kappa shape index (κ1) is 14.2. The summed E-state index contributed by atoms with van der Waals surface area (Å²) in [5.74, 6) is 0.932. The summed E-state index contributed by atoms with van der Waals surface area (Å²) in [7, 11) is 0. The summed E-state index contributed by atoms with van der Waals surface area (Å²) in [4.78, 5) is 20.5. The topological polar surface area (TPSA) is 75.4 Å². The Labute approximate surface area is 117 Å². The predicted octanol–water partition coefficient (Wildman–Crippen LogP) is 0.486. The quantitative estimate of drug-likeness (QED) is 0.873. The molecule has 106 valence electrons. The van der Waals surface area contributed by atoms with Crippen LogP contribution in [-0.2, 0) is 11.2 Å². The minimum absolute atomic E-state index is 0.0355. The second-order valence-electron chi connectivity index (χ2n) is 4.80. The van der Waals surface area contributed by atoms with Crippen LogP contribution in [0.5, 0.6) is 0 Å². The second kappa shape index (κ2) is 6.29. The van der Waals surface area contributed by atoms with Crippen LogP contribution in [0.25, 0.3) is 0 Å². The zero-order chi connectivity index (χ0) is 13.8. The van der Waals surface area contributed by atoms with Gasteiger partial charge in [0.25, 0.3) is 0 Å². The Kier molecular flexibility index (Phi) is 4.71. The Morgan fingerprint density at radius 2 is 2.21 bits per heavy atom. The summed E-state index contributed by atoms with van der Waals surface area (Å²) in [5.41, 5.74) is 5.66. The Hall–Kier alpha value is -1.21. The van der Waals surface area contributed by atoms with Gasteiger partial charge in [-0.25, -0.2) is 4.98 Å². The Morgan fingerprint density at radius 3 is 2.84 bits per heavy atom. The van der Waals surface area contributed by atoms with E-state index in [1.807, 2.05) is 4.90 Å². The molecule has 0 bridgehead atoms. The molecule has 6 nitrogen and oxygen atoms in total.